The molecule has 0 radical (unpaired) electrons. The average molecular weight is 270 g/mol. The SMILES string of the molecule is O=C(NCC[C@@H]1CCCN1)c1ccc2nccnc2c1. The number of nitrogens with one attached hydrogen (secondary N) is 2. The second kappa shape index (κ2) is 5.96. The van der Waals surface area contributed by atoms with Crippen molar-refractivity contribution in [3.63, 3.8) is 0 Å². The van der Waals surface area contributed by atoms with Crippen molar-refractivity contribution >= 4 is 16.9 Å². The van der Waals surface area contributed by atoms with E-state index in [1.165, 1.54) is 12.8 Å². The van der Waals surface area contributed by atoms with Crippen LogP contribution in [0, 0.1) is 0 Å². The maximum atomic E-state index is 12.1. The summed E-state index contributed by atoms with van der Waals surface area (Å²) in [6.07, 6.45) is 6.72. The molecule has 1 aromatic carbocycles. The molecule has 1 atom stereocenters. The second-order valence-corrected chi connectivity index (χ2v) is 5.10. The summed E-state index contributed by atoms with van der Waals surface area (Å²) in [7, 11) is 0. The fourth-order valence-electron chi connectivity index (χ4n) is 2.57. The fourth-order valence-corrected chi connectivity index (χ4v) is 2.57. The van der Waals surface area contributed by atoms with Crippen molar-refractivity contribution < 1.29 is 4.79 Å². The Hall–Kier alpha value is -2.01. The topological polar surface area (TPSA) is 66.9 Å². The molecule has 0 aliphatic carbocycles. The van der Waals surface area contributed by atoms with E-state index in [1.807, 2.05) is 6.07 Å². The van der Waals surface area contributed by atoms with Crippen molar-refractivity contribution in [2.24, 2.45) is 0 Å². The van der Waals surface area contributed by atoms with Crippen LogP contribution in [0.15, 0.2) is 30.6 Å². The molecule has 2 aromatic rings. The summed E-state index contributed by atoms with van der Waals surface area (Å²) in [6, 6.07) is 5.96. The van der Waals surface area contributed by atoms with E-state index in [2.05, 4.69) is 20.6 Å². The van der Waals surface area contributed by atoms with Crippen molar-refractivity contribution in [2.45, 2.75) is 25.3 Å². The smallest absolute Gasteiger partial charge is 0.251 e. The van der Waals surface area contributed by atoms with Crippen LogP contribution >= 0.6 is 0 Å². The van der Waals surface area contributed by atoms with Crippen LogP contribution in [0.4, 0.5) is 0 Å². The van der Waals surface area contributed by atoms with Crippen LogP contribution < -0.4 is 10.6 Å². The van der Waals surface area contributed by atoms with Gasteiger partial charge in [-0.3, -0.25) is 14.8 Å². The van der Waals surface area contributed by atoms with Crippen LogP contribution in [0.1, 0.15) is 29.6 Å². The van der Waals surface area contributed by atoms with E-state index in [1.54, 1.807) is 24.5 Å². The van der Waals surface area contributed by atoms with E-state index in [0.29, 0.717) is 18.2 Å². The summed E-state index contributed by atoms with van der Waals surface area (Å²) in [4.78, 5) is 20.5. The summed E-state index contributed by atoms with van der Waals surface area (Å²) in [5.74, 6) is -0.0458. The number of hydrogen-bond acceptors (Lipinski definition) is 4. The zero-order valence-electron chi connectivity index (χ0n) is 11.3. The van der Waals surface area contributed by atoms with Crippen molar-refractivity contribution in [2.75, 3.05) is 13.1 Å². The highest BCUT2D eigenvalue weighted by Crippen LogP contribution is 2.11. The summed E-state index contributed by atoms with van der Waals surface area (Å²) >= 11 is 0. The van der Waals surface area contributed by atoms with E-state index in [-0.39, 0.29) is 5.91 Å². The third kappa shape index (κ3) is 2.93. The Kier molecular flexibility index (Phi) is 3.87. The minimum atomic E-state index is -0.0458. The summed E-state index contributed by atoms with van der Waals surface area (Å²) in [6.45, 7) is 1.80. The van der Waals surface area contributed by atoms with Gasteiger partial charge in [0.25, 0.3) is 5.91 Å². The van der Waals surface area contributed by atoms with E-state index in [9.17, 15) is 4.79 Å². The molecule has 20 heavy (non-hydrogen) atoms. The number of fused-ring (bicyclic) bond motifs is 1. The molecular formula is C15H18N4O. The number of carbonyl (C=O) groups excluding carboxylic acids is 1. The first-order valence-corrected chi connectivity index (χ1v) is 7.05. The molecule has 1 aliphatic rings. The first kappa shape index (κ1) is 13.0. The third-order valence-electron chi connectivity index (χ3n) is 3.67. The lowest BCUT2D eigenvalue weighted by atomic mass is 10.1. The van der Waals surface area contributed by atoms with Gasteiger partial charge in [-0.2, -0.15) is 0 Å². The van der Waals surface area contributed by atoms with Gasteiger partial charge < -0.3 is 10.6 Å². The van der Waals surface area contributed by atoms with Crippen LogP contribution in [0.5, 0.6) is 0 Å². The molecule has 5 heteroatoms. The second-order valence-electron chi connectivity index (χ2n) is 5.10. The van der Waals surface area contributed by atoms with Crippen molar-refractivity contribution in [1.82, 2.24) is 20.6 Å². The van der Waals surface area contributed by atoms with Gasteiger partial charge in [-0.1, -0.05) is 0 Å². The van der Waals surface area contributed by atoms with Crippen molar-refractivity contribution in [3.05, 3.63) is 36.2 Å². The molecule has 1 aliphatic heterocycles. The van der Waals surface area contributed by atoms with E-state index in [0.717, 1.165) is 24.0 Å². The number of benzene rings is 1. The first-order valence-electron chi connectivity index (χ1n) is 7.05. The predicted molar refractivity (Wildman–Crippen MR) is 77.5 cm³/mol. The van der Waals surface area contributed by atoms with E-state index in [4.69, 9.17) is 0 Å². The highest BCUT2D eigenvalue weighted by Gasteiger charge is 2.14. The molecule has 0 bridgehead atoms. The summed E-state index contributed by atoms with van der Waals surface area (Å²) < 4.78 is 0. The number of rotatable bonds is 4. The quantitative estimate of drug-likeness (QED) is 0.883. The Labute approximate surface area is 117 Å². The van der Waals surface area contributed by atoms with Gasteiger partial charge in [0, 0.05) is 30.5 Å². The number of hydrogen-bond donors (Lipinski definition) is 2. The average Bonchev–Trinajstić information content (AvgIpc) is 3.00. The van der Waals surface area contributed by atoms with Crippen molar-refractivity contribution in [3.8, 4) is 0 Å². The Morgan fingerprint density at radius 3 is 2.95 bits per heavy atom. The van der Waals surface area contributed by atoms with Gasteiger partial charge in [0.05, 0.1) is 11.0 Å². The van der Waals surface area contributed by atoms with E-state index < -0.39 is 0 Å². The third-order valence-corrected chi connectivity index (χ3v) is 3.67. The standard InChI is InChI=1S/C15H18N4O/c20-15(19-7-5-12-2-1-6-16-12)11-3-4-13-14(10-11)18-9-8-17-13/h3-4,8-10,12,16H,1-2,5-7H2,(H,19,20)/t12-/m0/s1. The molecular weight excluding hydrogens is 252 g/mol. The molecule has 2 heterocycles. The van der Waals surface area contributed by atoms with Crippen LogP contribution in [0.2, 0.25) is 0 Å². The van der Waals surface area contributed by atoms with Crippen molar-refractivity contribution in [1.29, 1.82) is 0 Å². The Morgan fingerprint density at radius 2 is 2.15 bits per heavy atom. The van der Waals surface area contributed by atoms with Crippen LogP contribution in [-0.2, 0) is 0 Å². The van der Waals surface area contributed by atoms with Gasteiger partial charge in [0.2, 0.25) is 0 Å². The van der Waals surface area contributed by atoms with Gasteiger partial charge in [0.1, 0.15) is 0 Å². The Bertz CT molecular complexity index is 608. The van der Waals surface area contributed by atoms with Gasteiger partial charge in [-0.15, -0.1) is 0 Å². The minimum Gasteiger partial charge on any atom is -0.352 e. The zero-order chi connectivity index (χ0) is 13.8. The van der Waals surface area contributed by atoms with Gasteiger partial charge in [-0.05, 0) is 44.0 Å². The first-order chi connectivity index (χ1) is 9.83. The lowest BCUT2D eigenvalue weighted by Crippen LogP contribution is -2.30. The largest absolute Gasteiger partial charge is 0.352 e. The lowest BCUT2D eigenvalue weighted by molar-refractivity contribution is 0.0952. The molecule has 5 nitrogen and oxygen atoms in total. The minimum absolute atomic E-state index is 0.0458. The fraction of sp³-hybridized carbons (Fsp3) is 0.400. The summed E-state index contributed by atoms with van der Waals surface area (Å²) in [5.41, 5.74) is 2.19. The summed E-state index contributed by atoms with van der Waals surface area (Å²) in [5, 5.41) is 6.39. The number of carbonyl (C=O) groups is 1. The molecule has 0 unspecified atom stereocenters. The van der Waals surface area contributed by atoms with Gasteiger partial charge in [0.15, 0.2) is 0 Å². The molecule has 0 spiro atoms. The monoisotopic (exact) mass is 270 g/mol. The zero-order valence-corrected chi connectivity index (χ0v) is 11.3. The molecule has 3 rings (SSSR count). The molecule has 0 saturated carbocycles. The molecule has 2 N–H and O–H groups in total. The van der Waals surface area contributed by atoms with Crippen LogP contribution in [0.25, 0.3) is 11.0 Å². The normalized spacial score (nSPS) is 18.3. The van der Waals surface area contributed by atoms with E-state index >= 15 is 0 Å². The Balaban J connectivity index is 1.60. The maximum absolute atomic E-state index is 12.1. The molecule has 1 fully saturated rings. The molecule has 1 saturated heterocycles. The van der Waals surface area contributed by atoms with Gasteiger partial charge in [-0.25, -0.2) is 0 Å². The maximum Gasteiger partial charge on any atom is 0.251 e. The number of amides is 1. The highest BCUT2D eigenvalue weighted by molar-refractivity contribution is 5.97. The highest BCUT2D eigenvalue weighted by atomic mass is 16.1. The van der Waals surface area contributed by atoms with Gasteiger partial charge >= 0.3 is 0 Å². The molecule has 1 aromatic heterocycles. The number of aromatic nitrogens is 2. The predicted octanol–water partition coefficient (Wildman–Crippen LogP) is 1.50. The van der Waals surface area contributed by atoms with Crippen LogP contribution in [0.3, 0.4) is 0 Å². The number of nitrogens with zero attached hydrogens (tertiary/aromatic N) is 2. The Morgan fingerprint density at radius 1 is 1.30 bits per heavy atom. The van der Waals surface area contributed by atoms with Crippen LogP contribution in [-0.4, -0.2) is 35.0 Å². The molecule has 104 valence electrons. The lowest BCUT2D eigenvalue weighted by Gasteiger charge is -2.10. The molecule has 1 amide bonds.